The van der Waals surface area contributed by atoms with E-state index in [4.69, 9.17) is 4.99 Å². The molecule has 0 aromatic rings. The minimum atomic E-state index is -0.186. The summed E-state index contributed by atoms with van der Waals surface area (Å²) < 4.78 is 0. The number of guanidine groups is 1. The first-order chi connectivity index (χ1) is 13.2. The quantitative estimate of drug-likeness (QED) is 0.334. The van der Waals surface area contributed by atoms with E-state index in [1.165, 1.54) is 6.42 Å². The number of aliphatic imine (C=N–C) groups is 1. The summed E-state index contributed by atoms with van der Waals surface area (Å²) in [7, 11) is 0. The lowest BCUT2D eigenvalue weighted by Gasteiger charge is -2.37. The third kappa shape index (κ3) is 6.73. The van der Waals surface area contributed by atoms with Crippen molar-refractivity contribution in [3.05, 3.63) is 0 Å². The van der Waals surface area contributed by atoms with Crippen molar-refractivity contribution in [1.29, 1.82) is 0 Å². The predicted molar refractivity (Wildman–Crippen MR) is 123 cm³/mol. The molecule has 2 unspecified atom stereocenters. The van der Waals surface area contributed by atoms with Crippen LogP contribution in [0.2, 0.25) is 0 Å². The third-order valence-electron chi connectivity index (χ3n) is 6.17. The predicted octanol–water partition coefficient (Wildman–Crippen LogP) is 1.36. The Morgan fingerprint density at radius 3 is 2.32 bits per heavy atom. The summed E-state index contributed by atoms with van der Waals surface area (Å²) in [6, 6.07) is 0. The number of piperidine rings is 1. The highest BCUT2D eigenvalue weighted by atomic mass is 127. The van der Waals surface area contributed by atoms with Crippen LogP contribution >= 0.6 is 24.0 Å². The molecule has 0 aromatic carbocycles. The third-order valence-corrected chi connectivity index (χ3v) is 6.17. The highest BCUT2D eigenvalue weighted by molar-refractivity contribution is 14.0. The number of rotatable bonds is 5. The SMILES string of the molecule is CCNC(=NCC1CCCC1O)N1CCN(CC(=O)N2CCCCC2)CC1.I. The molecule has 0 spiro atoms. The number of carbonyl (C=O) groups excluding carboxylic acids is 1. The number of nitrogens with zero attached hydrogens (tertiary/aromatic N) is 4. The Kier molecular flexibility index (Phi) is 10.3. The van der Waals surface area contributed by atoms with Crippen LogP contribution in [0, 0.1) is 5.92 Å². The molecule has 3 fully saturated rings. The molecule has 2 heterocycles. The highest BCUT2D eigenvalue weighted by Crippen LogP contribution is 2.25. The topological polar surface area (TPSA) is 71.4 Å². The number of nitrogens with one attached hydrogen (secondary N) is 1. The summed E-state index contributed by atoms with van der Waals surface area (Å²) in [4.78, 5) is 23.9. The van der Waals surface area contributed by atoms with Gasteiger partial charge in [-0.25, -0.2) is 0 Å². The molecule has 0 radical (unpaired) electrons. The molecule has 0 aromatic heterocycles. The van der Waals surface area contributed by atoms with Crippen molar-refractivity contribution in [2.75, 3.05) is 58.9 Å². The second-order valence-electron chi connectivity index (χ2n) is 8.16. The summed E-state index contributed by atoms with van der Waals surface area (Å²) in [6.45, 7) is 9.65. The van der Waals surface area contributed by atoms with Crippen LogP contribution in [0.5, 0.6) is 0 Å². The molecule has 1 aliphatic carbocycles. The Morgan fingerprint density at radius 2 is 1.71 bits per heavy atom. The first-order valence-electron chi connectivity index (χ1n) is 10.9. The lowest BCUT2D eigenvalue weighted by molar-refractivity contribution is -0.133. The van der Waals surface area contributed by atoms with Crippen molar-refractivity contribution in [3.63, 3.8) is 0 Å². The fourth-order valence-electron chi connectivity index (χ4n) is 4.41. The largest absolute Gasteiger partial charge is 0.393 e. The standard InChI is InChI=1S/C20H37N5O2.HI/c1-2-21-20(22-15-17-7-6-8-18(17)26)25-13-11-23(12-14-25)16-19(27)24-9-4-3-5-10-24;/h17-18,26H,2-16H2,1H3,(H,21,22);1H. The number of carbonyl (C=O) groups is 1. The monoisotopic (exact) mass is 507 g/mol. The van der Waals surface area contributed by atoms with Gasteiger partial charge in [-0.15, -0.1) is 24.0 Å². The van der Waals surface area contributed by atoms with E-state index in [1.807, 2.05) is 4.90 Å². The normalized spacial score (nSPS) is 26.9. The molecule has 3 rings (SSSR count). The number of aliphatic hydroxyl groups excluding tert-OH is 1. The maximum atomic E-state index is 12.5. The summed E-state index contributed by atoms with van der Waals surface area (Å²) in [5.74, 6) is 1.56. The minimum absolute atomic E-state index is 0. The van der Waals surface area contributed by atoms with Crippen LogP contribution in [-0.4, -0.2) is 96.7 Å². The molecule has 2 atom stereocenters. The average molecular weight is 507 g/mol. The Labute approximate surface area is 186 Å². The average Bonchev–Trinajstić information content (AvgIpc) is 3.11. The summed E-state index contributed by atoms with van der Waals surface area (Å²) in [6.07, 6.45) is 6.48. The first-order valence-corrected chi connectivity index (χ1v) is 10.9. The van der Waals surface area contributed by atoms with Gasteiger partial charge in [-0.05, 0) is 39.0 Å². The molecule has 1 amide bonds. The van der Waals surface area contributed by atoms with Crippen LogP contribution in [0.4, 0.5) is 0 Å². The number of aliphatic hydroxyl groups is 1. The van der Waals surface area contributed by atoms with Crippen LogP contribution in [0.3, 0.4) is 0 Å². The van der Waals surface area contributed by atoms with Gasteiger partial charge in [-0.3, -0.25) is 14.7 Å². The highest BCUT2D eigenvalue weighted by Gasteiger charge is 2.26. The molecule has 2 N–H and O–H groups in total. The molecular formula is C20H38IN5O2. The van der Waals surface area contributed by atoms with Crippen molar-refractivity contribution >= 4 is 35.8 Å². The summed E-state index contributed by atoms with van der Waals surface area (Å²) >= 11 is 0. The van der Waals surface area contributed by atoms with Crippen LogP contribution in [0.25, 0.3) is 0 Å². The molecule has 2 aliphatic heterocycles. The molecule has 28 heavy (non-hydrogen) atoms. The van der Waals surface area contributed by atoms with Gasteiger partial charge in [0, 0.05) is 58.3 Å². The van der Waals surface area contributed by atoms with E-state index in [0.717, 1.165) is 83.9 Å². The second kappa shape index (κ2) is 12.2. The number of hydrogen-bond acceptors (Lipinski definition) is 4. The maximum Gasteiger partial charge on any atom is 0.236 e. The Hall–Kier alpha value is -0.610. The van der Waals surface area contributed by atoms with Crippen LogP contribution in [0.1, 0.15) is 45.4 Å². The van der Waals surface area contributed by atoms with Gasteiger partial charge in [0.15, 0.2) is 5.96 Å². The van der Waals surface area contributed by atoms with Gasteiger partial charge < -0.3 is 20.2 Å². The van der Waals surface area contributed by atoms with Crippen LogP contribution in [-0.2, 0) is 4.79 Å². The molecule has 0 bridgehead atoms. The molecule has 8 heteroatoms. The molecule has 2 saturated heterocycles. The molecule has 1 saturated carbocycles. The fraction of sp³-hybridized carbons (Fsp3) is 0.900. The molecule has 7 nitrogen and oxygen atoms in total. The number of likely N-dealkylation sites (tertiary alicyclic amines) is 1. The summed E-state index contributed by atoms with van der Waals surface area (Å²) in [5.41, 5.74) is 0. The number of piperazine rings is 1. The number of halogens is 1. The van der Waals surface area contributed by atoms with Crippen molar-refractivity contribution in [3.8, 4) is 0 Å². The lowest BCUT2D eigenvalue weighted by atomic mass is 10.1. The van der Waals surface area contributed by atoms with Crippen molar-refractivity contribution in [2.24, 2.45) is 10.9 Å². The fourth-order valence-corrected chi connectivity index (χ4v) is 4.41. The second-order valence-corrected chi connectivity index (χ2v) is 8.16. The molecule has 162 valence electrons. The van der Waals surface area contributed by atoms with E-state index in [2.05, 4.69) is 22.0 Å². The smallest absolute Gasteiger partial charge is 0.236 e. The van der Waals surface area contributed by atoms with Gasteiger partial charge >= 0.3 is 0 Å². The molecule has 3 aliphatic rings. The van der Waals surface area contributed by atoms with Gasteiger partial charge in [-0.1, -0.05) is 6.42 Å². The zero-order valence-electron chi connectivity index (χ0n) is 17.3. The van der Waals surface area contributed by atoms with Gasteiger partial charge in [0.05, 0.1) is 12.6 Å². The van der Waals surface area contributed by atoms with E-state index >= 15 is 0 Å². The van der Waals surface area contributed by atoms with E-state index in [0.29, 0.717) is 24.9 Å². The zero-order chi connectivity index (χ0) is 19.1. The number of hydrogen-bond donors (Lipinski definition) is 2. The van der Waals surface area contributed by atoms with E-state index in [9.17, 15) is 9.90 Å². The van der Waals surface area contributed by atoms with E-state index < -0.39 is 0 Å². The van der Waals surface area contributed by atoms with E-state index in [1.54, 1.807) is 0 Å². The van der Waals surface area contributed by atoms with Gasteiger partial charge in [0.2, 0.25) is 5.91 Å². The molecular weight excluding hydrogens is 469 g/mol. The Morgan fingerprint density at radius 1 is 1.00 bits per heavy atom. The van der Waals surface area contributed by atoms with Gasteiger partial charge in [0.25, 0.3) is 0 Å². The van der Waals surface area contributed by atoms with Gasteiger partial charge in [-0.2, -0.15) is 0 Å². The number of amides is 1. The van der Waals surface area contributed by atoms with Crippen LogP contribution < -0.4 is 5.32 Å². The Bertz CT molecular complexity index is 505. The maximum absolute atomic E-state index is 12.5. The minimum Gasteiger partial charge on any atom is -0.393 e. The van der Waals surface area contributed by atoms with Crippen molar-refractivity contribution in [2.45, 2.75) is 51.6 Å². The zero-order valence-corrected chi connectivity index (χ0v) is 19.6. The first kappa shape index (κ1) is 23.7. The van der Waals surface area contributed by atoms with Crippen molar-refractivity contribution in [1.82, 2.24) is 20.0 Å². The van der Waals surface area contributed by atoms with Crippen LogP contribution in [0.15, 0.2) is 4.99 Å². The van der Waals surface area contributed by atoms with Gasteiger partial charge in [0.1, 0.15) is 0 Å². The Balaban J connectivity index is 0.00000280. The van der Waals surface area contributed by atoms with Crippen molar-refractivity contribution < 1.29 is 9.90 Å². The summed E-state index contributed by atoms with van der Waals surface area (Å²) in [5, 5.41) is 13.4. The lowest BCUT2D eigenvalue weighted by Crippen LogP contribution is -2.54. The van der Waals surface area contributed by atoms with E-state index in [-0.39, 0.29) is 30.1 Å².